The van der Waals surface area contributed by atoms with Crippen LogP contribution < -0.4 is 9.05 Å². The summed E-state index contributed by atoms with van der Waals surface area (Å²) in [5.41, 5.74) is 7.93. The molecule has 64 heavy (non-hydrogen) atoms. The average molecular weight is 947 g/mol. The van der Waals surface area contributed by atoms with Crippen molar-refractivity contribution in [3.05, 3.63) is 93.0 Å². The molecular formula is C56H83O4PS3. The zero-order valence-corrected chi connectivity index (χ0v) is 46.1. The molecule has 2 N–H and O–H groups in total. The number of benzene rings is 4. The topological polar surface area (TPSA) is 58.9 Å². The summed E-state index contributed by atoms with van der Waals surface area (Å²) in [6.45, 7) is 37.3. The summed E-state index contributed by atoms with van der Waals surface area (Å²) in [6.07, 6.45) is 13.1. The molecule has 0 bridgehead atoms. The van der Waals surface area contributed by atoms with Gasteiger partial charge in [-0.1, -0.05) is 171 Å². The summed E-state index contributed by atoms with van der Waals surface area (Å²) in [5.74, 6) is 3.45. The molecular weight excluding hydrogens is 864 g/mol. The molecule has 8 heteroatoms. The fourth-order valence-electron chi connectivity index (χ4n) is 7.83. The summed E-state index contributed by atoms with van der Waals surface area (Å²) in [6, 6.07) is 17.3. The molecule has 0 aliphatic carbocycles. The first-order chi connectivity index (χ1) is 29.7. The van der Waals surface area contributed by atoms with Crippen molar-refractivity contribution in [3.8, 4) is 23.0 Å². The highest BCUT2D eigenvalue weighted by Gasteiger charge is 2.29. The van der Waals surface area contributed by atoms with E-state index in [9.17, 15) is 10.2 Å². The van der Waals surface area contributed by atoms with Gasteiger partial charge in [-0.3, -0.25) is 0 Å². The molecule has 0 saturated heterocycles. The lowest BCUT2D eigenvalue weighted by Crippen LogP contribution is -2.15. The van der Waals surface area contributed by atoms with Crippen LogP contribution in [0.3, 0.4) is 0 Å². The molecule has 4 aromatic carbocycles. The van der Waals surface area contributed by atoms with Crippen molar-refractivity contribution in [1.29, 1.82) is 0 Å². The largest absolute Gasteiger partial charge is 0.508 e. The average Bonchev–Trinajstić information content (AvgIpc) is 3.15. The van der Waals surface area contributed by atoms with Gasteiger partial charge >= 0.3 is 7.58 Å². The van der Waals surface area contributed by atoms with Crippen LogP contribution in [-0.4, -0.2) is 16.0 Å². The van der Waals surface area contributed by atoms with E-state index < -0.39 is 7.58 Å². The first kappa shape index (κ1) is 54.2. The smallest absolute Gasteiger partial charge is 0.360 e. The van der Waals surface area contributed by atoms with Crippen molar-refractivity contribution < 1.29 is 19.3 Å². The zero-order chi connectivity index (χ0) is 47.8. The quantitative estimate of drug-likeness (QED) is 0.0676. The molecule has 0 radical (unpaired) electrons. The van der Waals surface area contributed by atoms with Crippen LogP contribution in [0.15, 0.2) is 68.1 Å². The Balaban J connectivity index is 1.70. The Morgan fingerprint density at radius 1 is 0.422 bits per heavy atom. The van der Waals surface area contributed by atoms with Gasteiger partial charge in [-0.05, 0) is 138 Å². The second kappa shape index (κ2) is 23.0. The van der Waals surface area contributed by atoms with E-state index in [0.717, 1.165) is 78.0 Å². The van der Waals surface area contributed by atoms with Crippen molar-refractivity contribution in [2.45, 2.75) is 223 Å². The maximum atomic E-state index is 10.9. The summed E-state index contributed by atoms with van der Waals surface area (Å²) in [4.78, 5) is 4.68. The van der Waals surface area contributed by atoms with E-state index in [1.54, 1.807) is 23.5 Å². The van der Waals surface area contributed by atoms with Gasteiger partial charge in [0.15, 0.2) is 0 Å². The van der Waals surface area contributed by atoms with Gasteiger partial charge in [0.1, 0.15) is 23.0 Å². The molecule has 0 heterocycles. The summed E-state index contributed by atoms with van der Waals surface area (Å²) < 4.78 is 14.4. The van der Waals surface area contributed by atoms with E-state index >= 15 is 0 Å². The minimum atomic E-state index is -1.42. The highest BCUT2D eigenvalue weighted by atomic mass is 32.7. The van der Waals surface area contributed by atoms with Crippen molar-refractivity contribution in [3.63, 3.8) is 0 Å². The van der Waals surface area contributed by atoms with Crippen LogP contribution in [0.5, 0.6) is 23.0 Å². The Labute approximate surface area is 404 Å². The highest BCUT2D eigenvalue weighted by molar-refractivity contribution is 8.53. The monoisotopic (exact) mass is 947 g/mol. The molecule has 4 aromatic rings. The van der Waals surface area contributed by atoms with E-state index in [1.165, 1.54) is 67.6 Å². The Hall–Kier alpha value is -2.44. The number of aromatic hydroxyl groups is 2. The SMILES string of the molecule is CCCCCCCCCCCCSP(Oc1cc(C)c(Sc2cc(C(C)(C)C)c(O)cc2C)cc1C(C)(C)C)Oc1cc(C)c(Sc2cc(C(C)(C)C)c(O)cc2C)cc1C(C)(C)C. The van der Waals surface area contributed by atoms with Crippen molar-refractivity contribution in [2.75, 3.05) is 5.75 Å². The van der Waals surface area contributed by atoms with Gasteiger partial charge in [0.25, 0.3) is 0 Å². The molecule has 0 amide bonds. The fourth-order valence-corrected chi connectivity index (χ4v) is 12.8. The molecule has 4 nitrogen and oxygen atoms in total. The van der Waals surface area contributed by atoms with Crippen LogP contribution in [0.25, 0.3) is 0 Å². The predicted octanol–water partition coefficient (Wildman–Crippen LogP) is 19.2. The number of rotatable bonds is 20. The minimum absolute atomic E-state index is 0.175. The van der Waals surface area contributed by atoms with E-state index in [4.69, 9.17) is 9.05 Å². The third-order valence-electron chi connectivity index (χ3n) is 11.9. The van der Waals surface area contributed by atoms with Gasteiger partial charge in [0.2, 0.25) is 0 Å². The number of hydrogen-bond acceptors (Lipinski definition) is 7. The van der Waals surface area contributed by atoms with Gasteiger partial charge in [0, 0.05) is 47.6 Å². The van der Waals surface area contributed by atoms with E-state index in [2.05, 4.69) is 154 Å². The Morgan fingerprint density at radius 2 is 0.719 bits per heavy atom. The van der Waals surface area contributed by atoms with Crippen LogP contribution in [0.1, 0.15) is 199 Å². The second-order valence-corrected chi connectivity index (χ2v) is 27.4. The fraction of sp³-hybridized carbons (Fsp3) is 0.571. The summed E-state index contributed by atoms with van der Waals surface area (Å²) >= 11 is 5.37. The molecule has 0 atom stereocenters. The maximum Gasteiger partial charge on any atom is 0.360 e. The van der Waals surface area contributed by atoms with Gasteiger partial charge < -0.3 is 19.3 Å². The van der Waals surface area contributed by atoms with E-state index in [1.807, 2.05) is 23.5 Å². The van der Waals surface area contributed by atoms with E-state index in [0.29, 0.717) is 11.5 Å². The third kappa shape index (κ3) is 15.6. The maximum absolute atomic E-state index is 10.9. The number of phenols is 2. The van der Waals surface area contributed by atoms with Crippen molar-refractivity contribution >= 4 is 42.5 Å². The first-order valence-electron chi connectivity index (χ1n) is 23.8. The Bertz CT molecular complexity index is 2030. The molecule has 0 aromatic heterocycles. The van der Waals surface area contributed by atoms with Gasteiger partial charge in [-0.15, -0.1) is 0 Å². The van der Waals surface area contributed by atoms with Gasteiger partial charge in [-0.2, -0.15) is 0 Å². The lowest BCUT2D eigenvalue weighted by atomic mass is 9.86. The normalized spacial score (nSPS) is 12.7. The van der Waals surface area contributed by atoms with Crippen molar-refractivity contribution in [2.24, 2.45) is 0 Å². The second-order valence-electron chi connectivity index (χ2n) is 22.1. The number of aryl methyl sites for hydroxylation is 4. The predicted molar refractivity (Wildman–Crippen MR) is 284 cm³/mol. The summed E-state index contributed by atoms with van der Waals surface area (Å²) in [5, 5.41) is 21.7. The van der Waals surface area contributed by atoms with Gasteiger partial charge in [0.05, 0.1) is 0 Å². The highest BCUT2D eigenvalue weighted by Crippen LogP contribution is 2.56. The Kier molecular flexibility index (Phi) is 19.5. The molecule has 0 aliphatic heterocycles. The molecule has 0 fully saturated rings. The molecule has 0 unspecified atom stereocenters. The van der Waals surface area contributed by atoms with Crippen LogP contribution in [0.2, 0.25) is 0 Å². The van der Waals surface area contributed by atoms with Crippen molar-refractivity contribution in [1.82, 2.24) is 0 Å². The third-order valence-corrected chi connectivity index (χ3v) is 17.5. The molecule has 0 aliphatic rings. The van der Waals surface area contributed by atoms with E-state index in [-0.39, 0.29) is 21.7 Å². The molecule has 0 spiro atoms. The first-order valence-corrected chi connectivity index (χ1v) is 28.2. The number of hydrogen-bond donors (Lipinski definition) is 2. The summed E-state index contributed by atoms with van der Waals surface area (Å²) in [7, 11) is -1.42. The standard InChI is InChI=1S/C56H83O4PS3/c1-18-19-20-21-22-23-24-25-26-27-28-62-61(59-47-31-39(4)51(35-43(47)55(12,13)14)63-49-33-41(53(6,7)8)45(57)29-37(49)2)60-48-32-40(5)52(36-44(48)56(15,16)17)64-50-34-42(54(9,10)11)46(58)30-38(50)3/h29-36,57-58H,18-28H2,1-17H3. The zero-order valence-electron chi connectivity index (χ0n) is 42.8. The molecule has 354 valence electrons. The minimum Gasteiger partial charge on any atom is -0.508 e. The van der Waals surface area contributed by atoms with Crippen LogP contribution in [0.4, 0.5) is 0 Å². The van der Waals surface area contributed by atoms with Crippen LogP contribution in [0, 0.1) is 27.7 Å². The number of unbranched alkanes of at least 4 members (excludes halogenated alkanes) is 9. The van der Waals surface area contributed by atoms with Crippen LogP contribution >= 0.6 is 42.5 Å². The number of phenolic OH excluding ortho intramolecular Hbond substituents is 2. The molecule has 4 rings (SSSR count). The molecule has 0 saturated carbocycles. The lowest BCUT2D eigenvalue weighted by Gasteiger charge is -2.29. The Morgan fingerprint density at radius 3 is 1.05 bits per heavy atom. The lowest BCUT2D eigenvalue weighted by molar-refractivity contribution is 0.444. The van der Waals surface area contributed by atoms with Gasteiger partial charge in [-0.25, -0.2) is 0 Å². The van der Waals surface area contributed by atoms with Crippen LogP contribution in [-0.2, 0) is 21.7 Å².